The molecule has 0 heterocycles. The number of carbonyl (C=O) groups is 4. The van der Waals surface area contributed by atoms with Crippen molar-refractivity contribution in [2.45, 2.75) is 38.0 Å². The summed E-state index contributed by atoms with van der Waals surface area (Å²) in [6.07, 6.45) is 1.14. The molecule has 0 aliphatic heterocycles. The summed E-state index contributed by atoms with van der Waals surface area (Å²) in [5.41, 5.74) is 11.3. The van der Waals surface area contributed by atoms with Gasteiger partial charge in [0.25, 0.3) is 5.91 Å². The van der Waals surface area contributed by atoms with Gasteiger partial charge in [-0.1, -0.05) is 18.2 Å². The number of amides is 4. The van der Waals surface area contributed by atoms with Crippen molar-refractivity contribution in [2.24, 2.45) is 0 Å². The second-order valence-electron chi connectivity index (χ2n) is 10.6. The summed E-state index contributed by atoms with van der Waals surface area (Å²) in [5.74, 6) is -1.09. The van der Waals surface area contributed by atoms with Crippen molar-refractivity contribution in [2.75, 3.05) is 78.9 Å². The number of fused-ring (bicyclic) bond motifs is 3. The number of benzene rings is 2. The van der Waals surface area contributed by atoms with Gasteiger partial charge in [-0.2, -0.15) is 0 Å². The van der Waals surface area contributed by atoms with Crippen LogP contribution in [0.15, 0.2) is 36.4 Å². The zero-order valence-electron chi connectivity index (χ0n) is 27.8. The SMILES string of the molecule is COCCCOCCNC(=O)CCCC(=O)Nc1ccc2c(c1)C(COC([NH-])=O)c1cccc(C(=O)NCCOCCCOC)c1-2.[F-].[V].[W]. The van der Waals surface area contributed by atoms with Gasteiger partial charge in [0.05, 0.1) is 13.2 Å². The van der Waals surface area contributed by atoms with Crippen LogP contribution in [-0.4, -0.2) is 97.4 Å². The molecule has 1 unspecified atom stereocenters. The normalized spacial score (nSPS) is 12.2. The molecule has 2 aromatic rings. The monoisotopic (exact) mass is 895 g/mol. The Bertz CT molecular complexity index is 1320. The minimum atomic E-state index is -1.16. The van der Waals surface area contributed by atoms with Gasteiger partial charge in [0.2, 0.25) is 17.9 Å². The average Bonchev–Trinajstić information content (AvgIpc) is 3.35. The molecule has 0 aromatic heterocycles. The number of halogens is 1. The third-order valence-electron chi connectivity index (χ3n) is 7.26. The Morgan fingerprint density at radius 1 is 0.776 bits per heavy atom. The Hall–Kier alpha value is -2.84. The predicted octanol–water partition coefficient (Wildman–Crippen LogP) is 1.05. The molecule has 2 aromatic carbocycles. The topological polar surface area (TPSA) is 174 Å². The molecule has 0 bridgehead atoms. The van der Waals surface area contributed by atoms with Gasteiger partial charge in [-0.25, -0.2) is 0 Å². The van der Waals surface area contributed by atoms with E-state index in [4.69, 9.17) is 29.4 Å². The Labute approximate surface area is 312 Å². The van der Waals surface area contributed by atoms with Crippen LogP contribution in [0.3, 0.4) is 0 Å². The molecular formula is C33H45FN4O9VW-2. The molecule has 1 atom stereocenters. The molecule has 4 amide bonds. The minimum absolute atomic E-state index is 0. The number of ether oxygens (including phenoxy) is 5. The second kappa shape index (κ2) is 26.0. The van der Waals surface area contributed by atoms with Crippen LogP contribution < -0.4 is 20.7 Å². The molecule has 1 aliphatic carbocycles. The van der Waals surface area contributed by atoms with E-state index in [0.717, 1.165) is 29.5 Å². The summed E-state index contributed by atoms with van der Waals surface area (Å²) in [4.78, 5) is 49.4. The van der Waals surface area contributed by atoms with E-state index in [1.807, 2.05) is 12.1 Å². The molecule has 16 heteroatoms. The third kappa shape index (κ3) is 15.7. The van der Waals surface area contributed by atoms with Crippen LogP contribution >= 0.6 is 0 Å². The summed E-state index contributed by atoms with van der Waals surface area (Å²) in [6.45, 7) is 3.76. The van der Waals surface area contributed by atoms with Crippen LogP contribution in [0.2, 0.25) is 0 Å². The van der Waals surface area contributed by atoms with Crippen LogP contribution in [0.4, 0.5) is 10.5 Å². The molecular weight excluding hydrogens is 850 g/mol. The number of hydrogen-bond donors (Lipinski definition) is 3. The molecule has 0 saturated heterocycles. The smallest absolute Gasteiger partial charge is 0.252 e. The van der Waals surface area contributed by atoms with Gasteiger partial charge in [-0.3, -0.25) is 19.2 Å². The van der Waals surface area contributed by atoms with E-state index in [2.05, 4.69) is 16.0 Å². The molecule has 271 valence electrons. The van der Waals surface area contributed by atoms with E-state index in [9.17, 15) is 19.2 Å². The average molecular weight is 896 g/mol. The van der Waals surface area contributed by atoms with Crippen molar-refractivity contribution in [3.05, 3.63) is 58.8 Å². The van der Waals surface area contributed by atoms with Gasteiger partial charge in [-0.15, -0.1) is 0 Å². The van der Waals surface area contributed by atoms with Crippen molar-refractivity contribution in [3.8, 4) is 11.1 Å². The number of methoxy groups -OCH3 is 2. The molecule has 1 radical (unpaired) electrons. The first-order valence-electron chi connectivity index (χ1n) is 15.5. The van der Waals surface area contributed by atoms with Crippen molar-refractivity contribution < 1.29 is 87.2 Å². The molecule has 0 fully saturated rings. The molecule has 49 heavy (non-hydrogen) atoms. The van der Waals surface area contributed by atoms with E-state index in [1.54, 1.807) is 38.5 Å². The number of rotatable bonds is 22. The Kier molecular flexibility index (Phi) is 24.5. The maximum absolute atomic E-state index is 13.2. The van der Waals surface area contributed by atoms with Crippen molar-refractivity contribution in [1.29, 1.82) is 0 Å². The van der Waals surface area contributed by atoms with Crippen LogP contribution in [0.25, 0.3) is 16.9 Å². The summed E-state index contributed by atoms with van der Waals surface area (Å²) in [5, 5.41) is 8.55. The molecule has 0 saturated carbocycles. The quantitative estimate of drug-likeness (QED) is 0.146. The van der Waals surface area contributed by atoms with Crippen molar-refractivity contribution >= 4 is 29.5 Å². The summed E-state index contributed by atoms with van der Waals surface area (Å²) < 4.78 is 26.0. The fraction of sp³-hybridized carbons (Fsp3) is 0.515. The number of carbonyl (C=O) groups excluding carboxylic acids is 4. The van der Waals surface area contributed by atoms with Gasteiger partial charge in [-0.05, 0) is 59.7 Å². The maximum Gasteiger partial charge on any atom is 0.252 e. The first kappa shape index (κ1) is 46.2. The standard InChI is InChI=1S/C33H46N4O9.FH.V.W/c1-42-15-5-17-44-19-13-35-29(38)9-4-10-30(39)37-23-11-12-25-27(21-23)28(22-46-33(34)41)24-7-3-8-26(31(24)25)32(40)36-14-20-45-18-6-16-43-2;;;/h3,7-8,11-12,21,28H,4-6,9-10,13-20,22H2,1-2H3,(H5,34,35,36,37,38,39,40,41);1H;;/p-2. The zero-order valence-corrected chi connectivity index (χ0v) is 32.2. The van der Waals surface area contributed by atoms with Gasteiger partial charge >= 0.3 is 0 Å². The van der Waals surface area contributed by atoms with Gasteiger partial charge < -0.3 is 50.1 Å². The molecule has 4 N–H and O–H groups in total. The molecule has 13 nitrogen and oxygen atoms in total. The van der Waals surface area contributed by atoms with Crippen LogP contribution in [0.5, 0.6) is 0 Å². The Balaban J connectivity index is 0.00000768. The van der Waals surface area contributed by atoms with E-state index in [-0.39, 0.29) is 81.5 Å². The first-order valence-corrected chi connectivity index (χ1v) is 15.5. The summed E-state index contributed by atoms with van der Waals surface area (Å²) >= 11 is 0. The predicted molar refractivity (Wildman–Crippen MR) is 172 cm³/mol. The number of anilines is 1. The van der Waals surface area contributed by atoms with Crippen molar-refractivity contribution in [3.63, 3.8) is 0 Å². The molecule has 0 spiro atoms. The summed E-state index contributed by atoms with van der Waals surface area (Å²) in [6, 6.07) is 10.7. The Morgan fingerprint density at radius 2 is 1.41 bits per heavy atom. The Morgan fingerprint density at radius 3 is 2.04 bits per heavy atom. The number of nitrogens with one attached hydrogen (secondary N) is 4. The van der Waals surface area contributed by atoms with Gasteiger partial charge in [0.1, 0.15) is 6.61 Å². The number of hydrogen-bond acceptors (Lipinski definition) is 9. The van der Waals surface area contributed by atoms with Crippen LogP contribution in [0, 0.1) is 0 Å². The zero-order chi connectivity index (χ0) is 33.1. The first-order chi connectivity index (χ1) is 22.3. The second-order valence-corrected chi connectivity index (χ2v) is 10.6. The van der Waals surface area contributed by atoms with E-state index in [0.29, 0.717) is 76.0 Å². The largest absolute Gasteiger partial charge is 1.00 e. The third-order valence-corrected chi connectivity index (χ3v) is 7.26. The fourth-order valence-corrected chi connectivity index (χ4v) is 5.14. The maximum atomic E-state index is 13.2. The van der Waals surface area contributed by atoms with Crippen molar-refractivity contribution in [1.82, 2.24) is 10.6 Å². The van der Waals surface area contributed by atoms with E-state index >= 15 is 0 Å². The van der Waals surface area contributed by atoms with Gasteiger partial charge in [0.15, 0.2) is 0 Å². The summed E-state index contributed by atoms with van der Waals surface area (Å²) in [7, 11) is 3.26. The van der Waals surface area contributed by atoms with Gasteiger partial charge in [0, 0.05) is 123 Å². The molecule has 3 rings (SSSR count). The molecule has 1 aliphatic rings. The fourth-order valence-electron chi connectivity index (χ4n) is 5.14. The van der Waals surface area contributed by atoms with Crippen LogP contribution in [-0.2, 0) is 72.9 Å². The van der Waals surface area contributed by atoms with Crippen LogP contribution in [0.1, 0.15) is 59.5 Å². The van der Waals surface area contributed by atoms with E-state index in [1.165, 1.54) is 0 Å². The van der Waals surface area contributed by atoms with E-state index < -0.39 is 12.0 Å². The minimum Gasteiger partial charge on any atom is -1.00 e.